The zero-order chi connectivity index (χ0) is 11.8. The summed E-state index contributed by atoms with van der Waals surface area (Å²) in [6.45, 7) is 5.73. The third-order valence-corrected chi connectivity index (χ3v) is 3.04. The fourth-order valence-corrected chi connectivity index (χ4v) is 2.13. The molecule has 1 heterocycles. The van der Waals surface area contributed by atoms with Gasteiger partial charge in [-0.15, -0.1) is 0 Å². The van der Waals surface area contributed by atoms with E-state index in [1.54, 1.807) is 0 Å². The van der Waals surface area contributed by atoms with Crippen molar-refractivity contribution in [3.8, 4) is 0 Å². The number of nitrogens with one attached hydrogen (secondary N) is 2. The summed E-state index contributed by atoms with van der Waals surface area (Å²) in [5.74, 6) is 0.158. The van der Waals surface area contributed by atoms with Crippen molar-refractivity contribution < 1.29 is 4.79 Å². The molecular weight excluding hydrogens is 202 g/mol. The molecule has 0 saturated carbocycles. The molecule has 2 N–H and O–H groups in total. The lowest BCUT2D eigenvalue weighted by molar-refractivity contribution is -0.121. The van der Waals surface area contributed by atoms with Gasteiger partial charge < -0.3 is 15.5 Å². The maximum absolute atomic E-state index is 11.3. The van der Waals surface area contributed by atoms with Crippen LogP contribution in [0.3, 0.4) is 0 Å². The lowest BCUT2D eigenvalue weighted by atomic mass is 10.0. The normalized spacial score (nSPS) is 21.1. The molecule has 1 atom stereocenters. The van der Waals surface area contributed by atoms with Crippen molar-refractivity contribution in [3.63, 3.8) is 0 Å². The first kappa shape index (κ1) is 13.5. The molecule has 1 aliphatic heterocycles. The van der Waals surface area contributed by atoms with E-state index in [2.05, 4.69) is 22.6 Å². The van der Waals surface area contributed by atoms with Crippen LogP contribution in [0.1, 0.15) is 32.6 Å². The summed E-state index contributed by atoms with van der Waals surface area (Å²) in [6.07, 6.45) is 4.52. The van der Waals surface area contributed by atoms with Crippen molar-refractivity contribution in [2.75, 3.05) is 33.2 Å². The largest absolute Gasteiger partial charge is 0.356 e. The molecule has 0 aromatic carbocycles. The number of amides is 1. The summed E-state index contributed by atoms with van der Waals surface area (Å²) in [6, 6.07) is 0.619. The van der Waals surface area contributed by atoms with Crippen LogP contribution in [-0.4, -0.2) is 50.1 Å². The number of likely N-dealkylation sites (N-methyl/N-ethyl adjacent to an activating group) is 1. The van der Waals surface area contributed by atoms with Gasteiger partial charge in [-0.3, -0.25) is 4.79 Å². The van der Waals surface area contributed by atoms with Crippen molar-refractivity contribution in [2.45, 2.75) is 38.6 Å². The van der Waals surface area contributed by atoms with E-state index in [9.17, 15) is 4.79 Å². The van der Waals surface area contributed by atoms with Crippen molar-refractivity contribution >= 4 is 5.91 Å². The average molecular weight is 227 g/mol. The number of piperidine rings is 1. The summed E-state index contributed by atoms with van der Waals surface area (Å²) in [7, 11) is 2.09. The second kappa shape index (κ2) is 7.63. The molecule has 16 heavy (non-hydrogen) atoms. The lowest BCUT2D eigenvalue weighted by Gasteiger charge is -2.28. The van der Waals surface area contributed by atoms with Crippen molar-refractivity contribution in [3.05, 3.63) is 0 Å². The molecule has 0 radical (unpaired) electrons. The third kappa shape index (κ3) is 5.47. The highest BCUT2D eigenvalue weighted by Gasteiger charge is 2.14. The van der Waals surface area contributed by atoms with Gasteiger partial charge >= 0.3 is 0 Å². The second-order valence-electron chi connectivity index (χ2n) is 4.61. The Bertz CT molecular complexity index is 202. The first-order valence-electron chi connectivity index (χ1n) is 6.41. The number of hydrogen-bond donors (Lipinski definition) is 2. The predicted molar refractivity (Wildman–Crippen MR) is 66.4 cm³/mol. The molecule has 0 aliphatic carbocycles. The van der Waals surface area contributed by atoms with Gasteiger partial charge in [0.25, 0.3) is 0 Å². The number of rotatable bonds is 6. The summed E-state index contributed by atoms with van der Waals surface area (Å²) < 4.78 is 0. The minimum absolute atomic E-state index is 0.158. The Morgan fingerprint density at radius 1 is 1.50 bits per heavy atom. The number of hydrogen-bond acceptors (Lipinski definition) is 3. The highest BCUT2D eigenvalue weighted by atomic mass is 16.1. The Balaban J connectivity index is 2.09. The van der Waals surface area contributed by atoms with Gasteiger partial charge in [-0.1, -0.05) is 6.42 Å². The highest BCUT2D eigenvalue weighted by Crippen LogP contribution is 2.07. The Kier molecular flexibility index (Phi) is 6.42. The fourth-order valence-electron chi connectivity index (χ4n) is 2.13. The average Bonchev–Trinajstić information content (AvgIpc) is 2.28. The molecular formula is C12H25N3O. The van der Waals surface area contributed by atoms with E-state index in [1.165, 1.54) is 19.3 Å². The highest BCUT2D eigenvalue weighted by molar-refractivity contribution is 5.75. The van der Waals surface area contributed by atoms with Gasteiger partial charge in [0.1, 0.15) is 0 Å². The summed E-state index contributed by atoms with van der Waals surface area (Å²) in [5.41, 5.74) is 0. The Hall–Kier alpha value is -0.610. The quantitative estimate of drug-likeness (QED) is 0.698. The van der Waals surface area contributed by atoms with Crippen molar-refractivity contribution in [2.24, 2.45) is 0 Å². The standard InChI is InChI=1S/C12H25N3O/c1-3-13-12(16)7-9-15(2)10-11-6-4-5-8-14-11/h11,14H,3-10H2,1-2H3,(H,13,16). The van der Waals surface area contributed by atoms with Gasteiger partial charge in [-0.2, -0.15) is 0 Å². The monoisotopic (exact) mass is 227 g/mol. The van der Waals surface area contributed by atoms with Crippen LogP contribution in [-0.2, 0) is 4.79 Å². The molecule has 1 fully saturated rings. The van der Waals surface area contributed by atoms with Crippen LogP contribution in [0.5, 0.6) is 0 Å². The fraction of sp³-hybridized carbons (Fsp3) is 0.917. The molecule has 1 aliphatic rings. The number of carbonyl (C=O) groups is 1. The van der Waals surface area contributed by atoms with Crippen LogP contribution in [0, 0.1) is 0 Å². The molecule has 1 saturated heterocycles. The SMILES string of the molecule is CCNC(=O)CCN(C)CC1CCCCN1. The van der Waals surface area contributed by atoms with Crippen LogP contribution in [0.2, 0.25) is 0 Å². The molecule has 4 nitrogen and oxygen atoms in total. The van der Waals surface area contributed by atoms with Gasteiger partial charge in [-0.05, 0) is 33.4 Å². The molecule has 0 aromatic rings. The summed E-state index contributed by atoms with van der Waals surface area (Å²) in [5, 5.41) is 6.34. The zero-order valence-corrected chi connectivity index (χ0v) is 10.6. The molecule has 1 rings (SSSR count). The Morgan fingerprint density at radius 3 is 2.94 bits per heavy atom. The van der Waals surface area contributed by atoms with Crippen molar-refractivity contribution in [1.82, 2.24) is 15.5 Å². The van der Waals surface area contributed by atoms with Crippen LogP contribution in [0.4, 0.5) is 0 Å². The first-order chi connectivity index (χ1) is 7.72. The molecule has 1 unspecified atom stereocenters. The molecule has 4 heteroatoms. The zero-order valence-electron chi connectivity index (χ0n) is 10.6. The van der Waals surface area contributed by atoms with Crippen LogP contribution >= 0.6 is 0 Å². The maximum atomic E-state index is 11.3. The summed E-state index contributed by atoms with van der Waals surface area (Å²) in [4.78, 5) is 13.5. The third-order valence-electron chi connectivity index (χ3n) is 3.04. The minimum atomic E-state index is 0.158. The number of nitrogens with zero attached hydrogens (tertiary/aromatic N) is 1. The minimum Gasteiger partial charge on any atom is -0.356 e. The molecule has 0 aromatic heterocycles. The van der Waals surface area contributed by atoms with E-state index in [-0.39, 0.29) is 5.91 Å². The molecule has 0 spiro atoms. The van der Waals surface area contributed by atoms with E-state index in [1.807, 2.05) is 6.92 Å². The predicted octanol–water partition coefficient (Wildman–Crippen LogP) is 0.587. The second-order valence-corrected chi connectivity index (χ2v) is 4.61. The van der Waals surface area contributed by atoms with Crippen LogP contribution in [0.15, 0.2) is 0 Å². The van der Waals surface area contributed by atoms with Gasteiger partial charge in [0.15, 0.2) is 0 Å². The van der Waals surface area contributed by atoms with Gasteiger partial charge in [0.05, 0.1) is 0 Å². The van der Waals surface area contributed by atoms with Crippen LogP contribution < -0.4 is 10.6 Å². The molecule has 0 bridgehead atoms. The van der Waals surface area contributed by atoms with Crippen molar-refractivity contribution in [1.29, 1.82) is 0 Å². The van der Waals surface area contributed by atoms with E-state index >= 15 is 0 Å². The van der Waals surface area contributed by atoms with Gasteiger partial charge in [-0.25, -0.2) is 0 Å². The van der Waals surface area contributed by atoms with Gasteiger partial charge in [0.2, 0.25) is 5.91 Å². The summed E-state index contributed by atoms with van der Waals surface area (Å²) >= 11 is 0. The smallest absolute Gasteiger partial charge is 0.221 e. The topological polar surface area (TPSA) is 44.4 Å². The van der Waals surface area contributed by atoms with E-state index < -0.39 is 0 Å². The molecule has 1 amide bonds. The maximum Gasteiger partial charge on any atom is 0.221 e. The van der Waals surface area contributed by atoms with Crippen LogP contribution in [0.25, 0.3) is 0 Å². The number of carbonyl (C=O) groups excluding carboxylic acids is 1. The Labute approximate surface area is 98.8 Å². The lowest BCUT2D eigenvalue weighted by Crippen LogP contribution is -2.43. The first-order valence-corrected chi connectivity index (χ1v) is 6.41. The van der Waals surface area contributed by atoms with E-state index in [4.69, 9.17) is 0 Å². The van der Waals surface area contributed by atoms with E-state index in [0.29, 0.717) is 12.5 Å². The van der Waals surface area contributed by atoms with Gasteiger partial charge in [0, 0.05) is 32.1 Å². The molecule has 94 valence electrons. The van der Waals surface area contributed by atoms with E-state index in [0.717, 1.165) is 26.2 Å². The Morgan fingerprint density at radius 2 is 2.31 bits per heavy atom.